The van der Waals surface area contributed by atoms with Gasteiger partial charge in [-0.2, -0.15) is 0 Å². The largest absolute Gasteiger partial charge is 0.497 e. The molecule has 2 amide bonds. The van der Waals surface area contributed by atoms with Crippen molar-refractivity contribution in [3.63, 3.8) is 0 Å². The number of rotatable bonds is 9. The van der Waals surface area contributed by atoms with Gasteiger partial charge in [-0.25, -0.2) is 8.42 Å². The Morgan fingerprint density at radius 2 is 1.81 bits per heavy atom. The van der Waals surface area contributed by atoms with Crippen LogP contribution in [0.15, 0.2) is 42.5 Å². The molecular weight excluding hydrogens is 430 g/mol. The van der Waals surface area contributed by atoms with E-state index in [9.17, 15) is 18.0 Å². The van der Waals surface area contributed by atoms with Gasteiger partial charge >= 0.3 is 0 Å². The summed E-state index contributed by atoms with van der Waals surface area (Å²) < 4.78 is 31.6. The fourth-order valence-corrected chi connectivity index (χ4v) is 4.24. The highest BCUT2D eigenvalue weighted by molar-refractivity contribution is 7.92. The van der Waals surface area contributed by atoms with Crippen molar-refractivity contribution in [3.05, 3.63) is 59.2 Å². The molecule has 0 aliphatic heterocycles. The van der Waals surface area contributed by atoms with Crippen molar-refractivity contribution in [1.29, 1.82) is 0 Å². The standard InChI is InChI=1S/C23H31N3O5S/c1-16-10-11-17(2)21(12-16)26(32(6,29)30)15-22(27)25(18(3)23(28)24-4)14-19-8-7-9-20(13-19)31-5/h7-13,18H,14-15H2,1-6H3,(H,24,28)/t18-/m1/s1. The number of hydrogen-bond acceptors (Lipinski definition) is 5. The Kier molecular flexibility index (Phi) is 8.26. The van der Waals surface area contributed by atoms with E-state index in [1.165, 1.54) is 11.9 Å². The number of methoxy groups -OCH3 is 1. The Morgan fingerprint density at radius 1 is 1.12 bits per heavy atom. The summed E-state index contributed by atoms with van der Waals surface area (Å²) in [6.45, 7) is 4.95. The molecule has 0 heterocycles. The number of amides is 2. The lowest BCUT2D eigenvalue weighted by molar-refractivity contribution is -0.139. The predicted molar refractivity (Wildman–Crippen MR) is 125 cm³/mol. The van der Waals surface area contributed by atoms with Gasteiger partial charge in [0.15, 0.2) is 0 Å². The zero-order valence-electron chi connectivity index (χ0n) is 19.4. The minimum atomic E-state index is -3.76. The summed E-state index contributed by atoms with van der Waals surface area (Å²) in [7, 11) is -0.719. The van der Waals surface area contributed by atoms with Crippen molar-refractivity contribution in [1.82, 2.24) is 10.2 Å². The van der Waals surface area contributed by atoms with E-state index in [-0.39, 0.29) is 12.5 Å². The molecule has 1 atom stereocenters. The van der Waals surface area contributed by atoms with E-state index >= 15 is 0 Å². The molecule has 0 aliphatic carbocycles. The van der Waals surface area contributed by atoms with Crippen LogP contribution in [0.2, 0.25) is 0 Å². The molecular formula is C23H31N3O5S. The minimum Gasteiger partial charge on any atom is -0.497 e. The van der Waals surface area contributed by atoms with Crippen LogP contribution in [0.4, 0.5) is 5.69 Å². The summed E-state index contributed by atoms with van der Waals surface area (Å²) in [6.07, 6.45) is 1.07. The lowest BCUT2D eigenvalue weighted by Crippen LogP contribution is -2.50. The average molecular weight is 462 g/mol. The molecule has 8 nitrogen and oxygen atoms in total. The summed E-state index contributed by atoms with van der Waals surface area (Å²) in [5.41, 5.74) is 2.80. The third-order valence-corrected chi connectivity index (χ3v) is 6.34. The van der Waals surface area contributed by atoms with Crippen molar-refractivity contribution in [2.45, 2.75) is 33.4 Å². The number of carbonyl (C=O) groups is 2. The average Bonchev–Trinajstić information content (AvgIpc) is 2.75. The second kappa shape index (κ2) is 10.5. The van der Waals surface area contributed by atoms with Crippen molar-refractivity contribution in [2.24, 2.45) is 0 Å². The minimum absolute atomic E-state index is 0.120. The van der Waals surface area contributed by atoms with Crippen molar-refractivity contribution >= 4 is 27.5 Å². The molecule has 2 aromatic carbocycles. The highest BCUT2D eigenvalue weighted by Crippen LogP contribution is 2.25. The number of sulfonamides is 1. The van der Waals surface area contributed by atoms with Crippen molar-refractivity contribution in [3.8, 4) is 5.75 Å². The number of aryl methyl sites for hydroxylation is 2. The van der Waals surface area contributed by atoms with E-state index in [2.05, 4.69) is 5.32 Å². The molecule has 1 N–H and O–H groups in total. The van der Waals surface area contributed by atoms with E-state index in [1.54, 1.807) is 45.2 Å². The summed E-state index contributed by atoms with van der Waals surface area (Å²) >= 11 is 0. The molecule has 9 heteroatoms. The summed E-state index contributed by atoms with van der Waals surface area (Å²) in [5, 5.41) is 2.55. The number of anilines is 1. The zero-order chi connectivity index (χ0) is 24.1. The van der Waals surface area contributed by atoms with Crippen LogP contribution in [0, 0.1) is 13.8 Å². The van der Waals surface area contributed by atoms with E-state index < -0.39 is 28.5 Å². The summed E-state index contributed by atoms with van der Waals surface area (Å²) in [5.74, 6) is -0.218. The van der Waals surface area contributed by atoms with E-state index in [4.69, 9.17) is 4.74 Å². The van der Waals surface area contributed by atoms with Gasteiger partial charge in [0.25, 0.3) is 0 Å². The van der Waals surface area contributed by atoms with Crippen LogP contribution >= 0.6 is 0 Å². The molecule has 0 radical (unpaired) electrons. The molecule has 0 fully saturated rings. The molecule has 2 rings (SSSR count). The van der Waals surface area contributed by atoms with Crippen LogP contribution < -0.4 is 14.4 Å². The highest BCUT2D eigenvalue weighted by atomic mass is 32.2. The van der Waals surface area contributed by atoms with Crippen LogP contribution in [0.25, 0.3) is 0 Å². The fourth-order valence-electron chi connectivity index (χ4n) is 3.34. The predicted octanol–water partition coefficient (Wildman–Crippen LogP) is 2.24. The molecule has 0 saturated carbocycles. The Morgan fingerprint density at radius 3 is 2.41 bits per heavy atom. The number of nitrogens with one attached hydrogen (secondary N) is 1. The first kappa shape index (κ1) is 25.2. The number of ether oxygens (including phenoxy) is 1. The summed E-state index contributed by atoms with van der Waals surface area (Å²) in [4.78, 5) is 27.1. The van der Waals surface area contributed by atoms with Crippen molar-refractivity contribution in [2.75, 3.05) is 31.3 Å². The maximum absolute atomic E-state index is 13.4. The van der Waals surface area contributed by atoms with Gasteiger partial charge in [-0.05, 0) is 55.7 Å². The highest BCUT2D eigenvalue weighted by Gasteiger charge is 2.30. The Labute approximate surface area is 190 Å². The third-order valence-electron chi connectivity index (χ3n) is 5.21. The topological polar surface area (TPSA) is 96.0 Å². The first-order valence-corrected chi connectivity index (χ1v) is 12.0. The van der Waals surface area contributed by atoms with E-state index in [0.29, 0.717) is 11.4 Å². The van der Waals surface area contributed by atoms with E-state index in [1.807, 2.05) is 25.1 Å². The quantitative estimate of drug-likeness (QED) is 0.618. The maximum Gasteiger partial charge on any atom is 0.244 e. The number of benzene rings is 2. The van der Waals surface area contributed by atoms with Gasteiger partial charge in [0, 0.05) is 13.6 Å². The number of hydrogen-bond donors (Lipinski definition) is 1. The van der Waals surface area contributed by atoms with Crippen LogP contribution in [0.3, 0.4) is 0 Å². The van der Waals surface area contributed by atoms with Crippen molar-refractivity contribution < 1.29 is 22.7 Å². The molecule has 2 aromatic rings. The molecule has 0 bridgehead atoms. The third kappa shape index (κ3) is 6.23. The molecule has 0 aliphatic rings. The summed E-state index contributed by atoms with van der Waals surface area (Å²) in [6, 6.07) is 11.8. The smallest absolute Gasteiger partial charge is 0.244 e. The molecule has 0 unspecified atom stereocenters. The Hall–Kier alpha value is -3.07. The molecule has 0 saturated heterocycles. The van der Waals surface area contributed by atoms with Gasteiger partial charge < -0.3 is 15.0 Å². The monoisotopic (exact) mass is 461 g/mol. The van der Waals surface area contributed by atoms with Gasteiger partial charge in [-0.1, -0.05) is 24.3 Å². The normalized spacial score (nSPS) is 12.1. The first-order chi connectivity index (χ1) is 15.0. The number of nitrogens with zero attached hydrogens (tertiary/aromatic N) is 2. The van der Waals surface area contributed by atoms with Gasteiger partial charge in [0.05, 0.1) is 19.1 Å². The van der Waals surface area contributed by atoms with Gasteiger partial charge in [-0.3, -0.25) is 13.9 Å². The number of likely N-dealkylation sites (N-methyl/N-ethyl adjacent to an activating group) is 1. The molecule has 174 valence electrons. The van der Waals surface area contributed by atoms with E-state index in [0.717, 1.165) is 27.3 Å². The van der Waals surface area contributed by atoms with Crippen LogP contribution in [0.1, 0.15) is 23.6 Å². The molecule has 32 heavy (non-hydrogen) atoms. The van der Waals surface area contributed by atoms with Gasteiger partial charge in [0.1, 0.15) is 18.3 Å². The second-order valence-corrected chi connectivity index (χ2v) is 9.63. The van der Waals surface area contributed by atoms with Gasteiger partial charge in [-0.15, -0.1) is 0 Å². The van der Waals surface area contributed by atoms with Crippen LogP contribution in [-0.4, -0.2) is 58.1 Å². The second-order valence-electron chi connectivity index (χ2n) is 7.72. The molecule has 0 aromatic heterocycles. The Bertz CT molecular complexity index is 1080. The fraction of sp³-hybridized carbons (Fsp3) is 0.391. The lowest BCUT2D eigenvalue weighted by atomic mass is 10.1. The maximum atomic E-state index is 13.4. The van der Waals surface area contributed by atoms with Gasteiger partial charge in [0.2, 0.25) is 21.8 Å². The molecule has 0 spiro atoms. The SMILES string of the molecule is CNC(=O)[C@@H](C)N(Cc1cccc(OC)c1)C(=O)CN(c1cc(C)ccc1C)S(C)(=O)=O. The van der Waals surface area contributed by atoms with Crippen LogP contribution in [-0.2, 0) is 26.2 Å². The first-order valence-electron chi connectivity index (χ1n) is 10.2. The van der Waals surface area contributed by atoms with Crippen LogP contribution in [0.5, 0.6) is 5.75 Å². The number of carbonyl (C=O) groups excluding carboxylic acids is 2. The zero-order valence-corrected chi connectivity index (χ0v) is 20.2. The lowest BCUT2D eigenvalue weighted by Gasteiger charge is -2.31. The Balaban J connectivity index is 2.43.